The molecule has 122 valence electrons. The van der Waals surface area contributed by atoms with Crippen LogP contribution in [0.3, 0.4) is 0 Å². The van der Waals surface area contributed by atoms with Gasteiger partial charge in [-0.25, -0.2) is 0 Å². The van der Waals surface area contributed by atoms with Crippen molar-refractivity contribution >= 4 is 11.8 Å². The van der Waals surface area contributed by atoms with Crippen molar-refractivity contribution in [1.82, 2.24) is 15.5 Å². The van der Waals surface area contributed by atoms with Crippen LogP contribution in [0.25, 0.3) is 0 Å². The predicted molar refractivity (Wildman–Crippen MR) is 86.7 cm³/mol. The lowest BCUT2D eigenvalue weighted by Crippen LogP contribution is -2.36. The van der Waals surface area contributed by atoms with Crippen LogP contribution < -0.4 is 10.6 Å². The zero-order valence-electron chi connectivity index (χ0n) is 13.3. The van der Waals surface area contributed by atoms with Crippen LogP contribution in [0.1, 0.15) is 21.7 Å². The molecule has 2 aromatic rings. The number of rotatable bonds is 7. The maximum atomic E-state index is 11.9. The standard InChI is InChI=1S/C17H21N3O3/c1-20(2)12-14-7-4-3-6-13(14)10-18-16(21)11-19-17(22)15-8-5-9-23-15/h3-9H,10-12H2,1-2H3,(H,18,21)(H,19,22). The molecule has 6 nitrogen and oxygen atoms in total. The van der Waals surface area contributed by atoms with E-state index >= 15 is 0 Å². The van der Waals surface area contributed by atoms with Gasteiger partial charge in [0.1, 0.15) is 0 Å². The van der Waals surface area contributed by atoms with Crippen molar-refractivity contribution in [3.63, 3.8) is 0 Å². The van der Waals surface area contributed by atoms with Crippen LogP contribution in [0, 0.1) is 0 Å². The van der Waals surface area contributed by atoms with E-state index in [4.69, 9.17) is 4.42 Å². The molecule has 0 radical (unpaired) electrons. The third-order valence-corrected chi connectivity index (χ3v) is 3.24. The number of nitrogens with zero attached hydrogens (tertiary/aromatic N) is 1. The van der Waals surface area contributed by atoms with Crippen molar-refractivity contribution in [3.8, 4) is 0 Å². The number of furan rings is 1. The minimum Gasteiger partial charge on any atom is -0.459 e. The Balaban J connectivity index is 1.81. The lowest BCUT2D eigenvalue weighted by atomic mass is 10.1. The van der Waals surface area contributed by atoms with Gasteiger partial charge in [-0.2, -0.15) is 0 Å². The Labute approximate surface area is 135 Å². The highest BCUT2D eigenvalue weighted by molar-refractivity contribution is 5.94. The predicted octanol–water partition coefficient (Wildman–Crippen LogP) is 1.39. The van der Waals surface area contributed by atoms with Gasteiger partial charge in [-0.05, 0) is 37.4 Å². The maximum Gasteiger partial charge on any atom is 0.287 e. The molecular weight excluding hydrogens is 294 g/mol. The van der Waals surface area contributed by atoms with E-state index in [0.717, 1.165) is 17.7 Å². The van der Waals surface area contributed by atoms with Gasteiger partial charge in [0.25, 0.3) is 5.91 Å². The minimum atomic E-state index is -0.404. The van der Waals surface area contributed by atoms with Crippen molar-refractivity contribution in [3.05, 3.63) is 59.5 Å². The van der Waals surface area contributed by atoms with E-state index < -0.39 is 5.91 Å². The first-order valence-electron chi connectivity index (χ1n) is 7.36. The van der Waals surface area contributed by atoms with Crippen LogP contribution in [0.2, 0.25) is 0 Å². The van der Waals surface area contributed by atoms with Gasteiger partial charge in [0.05, 0.1) is 12.8 Å². The van der Waals surface area contributed by atoms with E-state index in [1.165, 1.54) is 6.26 Å². The lowest BCUT2D eigenvalue weighted by Gasteiger charge is -2.14. The highest BCUT2D eigenvalue weighted by Gasteiger charge is 2.10. The fourth-order valence-electron chi connectivity index (χ4n) is 2.14. The fraction of sp³-hybridized carbons (Fsp3) is 0.294. The normalized spacial score (nSPS) is 10.6. The van der Waals surface area contributed by atoms with E-state index in [9.17, 15) is 9.59 Å². The van der Waals surface area contributed by atoms with Crippen LogP contribution in [-0.4, -0.2) is 37.4 Å². The van der Waals surface area contributed by atoms with Gasteiger partial charge < -0.3 is 20.0 Å². The molecule has 0 aliphatic rings. The van der Waals surface area contributed by atoms with Crippen LogP contribution in [0.5, 0.6) is 0 Å². The third-order valence-electron chi connectivity index (χ3n) is 3.24. The summed E-state index contributed by atoms with van der Waals surface area (Å²) in [7, 11) is 4.00. The summed E-state index contributed by atoms with van der Waals surface area (Å²) in [4.78, 5) is 25.6. The molecule has 0 saturated heterocycles. The zero-order valence-corrected chi connectivity index (χ0v) is 13.3. The highest BCUT2D eigenvalue weighted by atomic mass is 16.3. The SMILES string of the molecule is CN(C)Cc1ccccc1CNC(=O)CNC(=O)c1ccco1. The van der Waals surface area contributed by atoms with Gasteiger partial charge >= 0.3 is 0 Å². The molecule has 0 aliphatic carbocycles. The van der Waals surface area contributed by atoms with E-state index in [-0.39, 0.29) is 18.2 Å². The van der Waals surface area contributed by atoms with Gasteiger partial charge in [0, 0.05) is 13.1 Å². The van der Waals surface area contributed by atoms with Gasteiger partial charge in [-0.1, -0.05) is 24.3 Å². The summed E-state index contributed by atoms with van der Waals surface area (Å²) in [5.74, 6) is -0.461. The quantitative estimate of drug-likeness (QED) is 0.810. The summed E-state index contributed by atoms with van der Waals surface area (Å²) < 4.78 is 4.96. The monoisotopic (exact) mass is 315 g/mol. The smallest absolute Gasteiger partial charge is 0.287 e. The number of nitrogens with one attached hydrogen (secondary N) is 2. The first-order valence-corrected chi connectivity index (χ1v) is 7.36. The molecule has 0 atom stereocenters. The Morgan fingerprint density at radius 2 is 1.78 bits per heavy atom. The molecule has 0 unspecified atom stereocenters. The van der Waals surface area contributed by atoms with Crippen molar-refractivity contribution < 1.29 is 14.0 Å². The Hall–Kier alpha value is -2.60. The second-order valence-corrected chi connectivity index (χ2v) is 5.44. The minimum absolute atomic E-state index is 0.0879. The van der Waals surface area contributed by atoms with Crippen molar-refractivity contribution in [1.29, 1.82) is 0 Å². The number of amides is 2. The maximum absolute atomic E-state index is 11.9. The van der Waals surface area contributed by atoms with Gasteiger partial charge in [-0.3, -0.25) is 9.59 Å². The second-order valence-electron chi connectivity index (χ2n) is 5.44. The Morgan fingerprint density at radius 3 is 2.43 bits per heavy atom. The molecule has 0 bridgehead atoms. The van der Waals surface area contributed by atoms with Crippen LogP contribution >= 0.6 is 0 Å². The van der Waals surface area contributed by atoms with E-state index in [1.807, 2.05) is 38.4 Å². The molecule has 0 saturated carbocycles. The molecule has 1 heterocycles. The fourth-order valence-corrected chi connectivity index (χ4v) is 2.14. The van der Waals surface area contributed by atoms with E-state index in [0.29, 0.717) is 6.54 Å². The molecule has 0 spiro atoms. The van der Waals surface area contributed by atoms with E-state index in [1.54, 1.807) is 12.1 Å². The third kappa shape index (κ3) is 5.27. The molecule has 0 aliphatic heterocycles. The molecule has 0 fully saturated rings. The molecule has 23 heavy (non-hydrogen) atoms. The Kier molecular flexibility index (Phi) is 5.94. The Bertz CT molecular complexity index is 651. The number of hydrogen-bond donors (Lipinski definition) is 2. The number of benzene rings is 1. The molecule has 6 heteroatoms. The van der Waals surface area contributed by atoms with Crippen LogP contribution in [0.15, 0.2) is 47.1 Å². The molecule has 2 rings (SSSR count). The van der Waals surface area contributed by atoms with Crippen LogP contribution in [-0.2, 0) is 17.9 Å². The van der Waals surface area contributed by atoms with Crippen molar-refractivity contribution in [2.24, 2.45) is 0 Å². The van der Waals surface area contributed by atoms with Crippen molar-refractivity contribution in [2.75, 3.05) is 20.6 Å². The average Bonchev–Trinajstić information content (AvgIpc) is 3.05. The summed E-state index contributed by atoms with van der Waals surface area (Å²) >= 11 is 0. The summed E-state index contributed by atoms with van der Waals surface area (Å²) in [5, 5.41) is 5.33. The number of carbonyl (C=O) groups is 2. The van der Waals surface area contributed by atoms with Gasteiger partial charge in [0.15, 0.2) is 5.76 Å². The largest absolute Gasteiger partial charge is 0.459 e. The number of carbonyl (C=O) groups excluding carboxylic acids is 2. The van der Waals surface area contributed by atoms with Crippen LogP contribution in [0.4, 0.5) is 0 Å². The zero-order chi connectivity index (χ0) is 16.7. The summed E-state index contributed by atoms with van der Waals surface area (Å²) in [6.45, 7) is 1.15. The first kappa shape index (κ1) is 16.8. The average molecular weight is 315 g/mol. The van der Waals surface area contributed by atoms with Gasteiger partial charge in [-0.15, -0.1) is 0 Å². The summed E-state index contributed by atoms with van der Waals surface area (Å²) in [6, 6.07) is 11.1. The first-order chi connectivity index (χ1) is 11.1. The molecule has 2 N–H and O–H groups in total. The topological polar surface area (TPSA) is 74.6 Å². The number of hydrogen-bond acceptors (Lipinski definition) is 4. The highest BCUT2D eigenvalue weighted by Crippen LogP contribution is 2.10. The summed E-state index contributed by atoms with van der Waals surface area (Å²) in [5.41, 5.74) is 2.23. The molecule has 1 aromatic carbocycles. The van der Waals surface area contributed by atoms with E-state index in [2.05, 4.69) is 15.5 Å². The summed E-state index contributed by atoms with van der Waals surface area (Å²) in [6.07, 6.45) is 1.41. The lowest BCUT2D eigenvalue weighted by molar-refractivity contribution is -0.120. The van der Waals surface area contributed by atoms with Crippen molar-refractivity contribution in [2.45, 2.75) is 13.1 Å². The van der Waals surface area contributed by atoms with Gasteiger partial charge in [0.2, 0.25) is 5.91 Å². The Morgan fingerprint density at radius 1 is 1.04 bits per heavy atom. The molecule has 1 aromatic heterocycles. The molecule has 2 amide bonds. The molecular formula is C17H21N3O3. The second kappa shape index (κ2) is 8.14.